The highest BCUT2D eigenvalue weighted by Crippen LogP contribution is 2.36. The molecule has 0 aromatic carbocycles. The standard InChI is InChI=1S/C16H35N3/c1-14(11-17-15(2,3)4)12-19(7)13-16(18(5)6)9-8-10-16/h14,17H,8-13H2,1-7H3. The second-order valence-electron chi connectivity index (χ2n) is 7.91. The Morgan fingerprint density at radius 1 is 1.16 bits per heavy atom. The Kier molecular flexibility index (Phi) is 5.84. The van der Waals surface area contributed by atoms with Crippen molar-refractivity contribution in [2.24, 2.45) is 5.92 Å². The number of hydrogen-bond donors (Lipinski definition) is 1. The molecule has 0 heterocycles. The molecule has 0 aliphatic heterocycles. The Morgan fingerprint density at radius 2 is 1.74 bits per heavy atom. The van der Waals surface area contributed by atoms with E-state index in [0.717, 1.165) is 6.54 Å². The summed E-state index contributed by atoms with van der Waals surface area (Å²) in [4.78, 5) is 4.96. The number of hydrogen-bond acceptors (Lipinski definition) is 3. The third-order valence-electron chi connectivity index (χ3n) is 4.40. The van der Waals surface area contributed by atoms with E-state index in [1.807, 2.05) is 0 Å². The Hall–Kier alpha value is -0.120. The average Bonchev–Trinajstić information content (AvgIpc) is 2.19. The van der Waals surface area contributed by atoms with Crippen LogP contribution in [0.1, 0.15) is 47.0 Å². The van der Waals surface area contributed by atoms with Crippen LogP contribution in [0.5, 0.6) is 0 Å². The molecule has 0 saturated heterocycles. The zero-order valence-corrected chi connectivity index (χ0v) is 14.2. The van der Waals surface area contributed by atoms with Crippen LogP contribution in [-0.2, 0) is 0 Å². The van der Waals surface area contributed by atoms with Crippen LogP contribution in [0.4, 0.5) is 0 Å². The first-order valence-corrected chi connectivity index (χ1v) is 7.76. The molecule has 0 amide bonds. The molecule has 0 aromatic heterocycles. The molecule has 114 valence electrons. The highest BCUT2D eigenvalue weighted by atomic mass is 15.2. The number of likely N-dealkylation sites (N-methyl/N-ethyl adjacent to an activating group) is 2. The Labute approximate surface area is 120 Å². The highest BCUT2D eigenvalue weighted by molar-refractivity contribution is 4.97. The molecule has 0 bridgehead atoms. The van der Waals surface area contributed by atoms with Gasteiger partial charge in [-0.15, -0.1) is 0 Å². The molecule has 1 atom stereocenters. The summed E-state index contributed by atoms with van der Waals surface area (Å²) in [7, 11) is 6.74. The molecule has 1 aliphatic rings. The average molecular weight is 269 g/mol. The van der Waals surface area contributed by atoms with E-state index < -0.39 is 0 Å². The topological polar surface area (TPSA) is 18.5 Å². The zero-order valence-electron chi connectivity index (χ0n) is 14.2. The van der Waals surface area contributed by atoms with Crippen molar-refractivity contribution in [2.75, 3.05) is 40.8 Å². The monoisotopic (exact) mass is 269 g/mol. The van der Waals surface area contributed by atoms with Gasteiger partial charge in [-0.1, -0.05) is 6.92 Å². The SMILES string of the molecule is CC(CNC(C)(C)C)CN(C)CC1(N(C)C)CCC1. The van der Waals surface area contributed by atoms with Crippen molar-refractivity contribution in [3.05, 3.63) is 0 Å². The van der Waals surface area contributed by atoms with Crippen LogP contribution in [-0.4, -0.2) is 61.7 Å². The number of nitrogens with zero attached hydrogens (tertiary/aromatic N) is 2. The van der Waals surface area contributed by atoms with Gasteiger partial charge in [0.25, 0.3) is 0 Å². The summed E-state index contributed by atoms with van der Waals surface area (Å²) in [5.74, 6) is 0.698. The van der Waals surface area contributed by atoms with E-state index in [4.69, 9.17) is 0 Å². The molecular formula is C16H35N3. The van der Waals surface area contributed by atoms with E-state index in [9.17, 15) is 0 Å². The Balaban J connectivity index is 2.32. The summed E-state index contributed by atoms with van der Waals surface area (Å²) in [5, 5.41) is 3.60. The maximum Gasteiger partial charge on any atom is 0.0330 e. The smallest absolute Gasteiger partial charge is 0.0330 e. The molecule has 1 unspecified atom stereocenters. The van der Waals surface area contributed by atoms with Crippen LogP contribution in [0.15, 0.2) is 0 Å². The lowest BCUT2D eigenvalue weighted by Gasteiger charge is -2.49. The molecule has 0 spiro atoms. The van der Waals surface area contributed by atoms with Gasteiger partial charge in [0, 0.05) is 24.2 Å². The van der Waals surface area contributed by atoms with Crippen molar-refractivity contribution in [2.45, 2.75) is 58.0 Å². The second kappa shape index (κ2) is 6.55. The van der Waals surface area contributed by atoms with E-state index in [-0.39, 0.29) is 5.54 Å². The predicted octanol–water partition coefficient (Wildman–Crippen LogP) is 2.43. The van der Waals surface area contributed by atoms with E-state index in [0.29, 0.717) is 11.5 Å². The van der Waals surface area contributed by atoms with Gasteiger partial charge in [-0.05, 0) is 73.6 Å². The maximum absolute atomic E-state index is 3.60. The van der Waals surface area contributed by atoms with Crippen molar-refractivity contribution in [1.82, 2.24) is 15.1 Å². The van der Waals surface area contributed by atoms with Crippen LogP contribution in [0.3, 0.4) is 0 Å². The summed E-state index contributed by atoms with van der Waals surface area (Å²) in [6, 6.07) is 0. The molecule has 1 saturated carbocycles. The van der Waals surface area contributed by atoms with Crippen LogP contribution in [0, 0.1) is 5.92 Å². The molecule has 19 heavy (non-hydrogen) atoms. The van der Waals surface area contributed by atoms with Gasteiger partial charge in [0.05, 0.1) is 0 Å². The first kappa shape index (κ1) is 16.9. The molecule has 3 heteroatoms. The fourth-order valence-corrected chi connectivity index (χ4v) is 2.98. The Morgan fingerprint density at radius 3 is 2.11 bits per heavy atom. The second-order valence-corrected chi connectivity index (χ2v) is 7.91. The number of nitrogens with one attached hydrogen (secondary N) is 1. The predicted molar refractivity (Wildman–Crippen MR) is 84.7 cm³/mol. The molecule has 0 aromatic rings. The van der Waals surface area contributed by atoms with E-state index in [1.165, 1.54) is 32.4 Å². The summed E-state index contributed by atoms with van der Waals surface area (Å²) >= 11 is 0. The van der Waals surface area contributed by atoms with Gasteiger partial charge in [0.1, 0.15) is 0 Å². The van der Waals surface area contributed by atoms with E-state index >= 15 is 0 Å². The first-order valence-electron chi connectivity index (χ1n) is 7.76. The van der Waals surface area contributed by atoms with Gasteiger partial charge in [0.15, 0.2) is 0 Å². The molecular weight excluding hydrogens is 234 g/mol. The molecule has 1 fully saturated rings. The van der Waals surface area contributed by atoms with E-state index in [1.54, 1.807) is 0 Å². The van der Waals surface area contributed by atoms with Gasteiger partial charge in [-0.3, -0.25) is 0 Å². The van der Waals surface area contributed by atoms with Crippen LogP contribution >= 0.6 is 0 Å². The molecule has 3 nitrogen and oxygen atoms in total. The fraction of sp³-hybridized carbons (Fsp3) is 1.00. The molecule has 0 radical (unpaired) electrons. The van der Waals surface area contributed by atoms with Gasteiger partial charge in [-0.25, -0.2) is 0 Å². The van der Waals surface area contributed by atoms with Crippen molar-refractivity contribution >= 4 is 0 Å². The summed E-state index contributed by atoms with van der Waals surface area (Å²) in [5.41, 5.74) is 0.678. The normalized spacial score (nSPS) is 20.7. The largest absolute Gasteiger partial charge is 0.312 e. The van der Waals surface area contributed by atoms with Gasteiger partial charge in [-0.2, -0.15) is 0 Å². The van der Waals surface area contributed by atoms with Crippen LogP contribution < -0.4 is 5.32 Å². The van der Waals surface area contributed by atoms with Crippen molar-refractivity contribution in [3.8, 4) is 0 Å². The third-order valence-corrected chi connectivity index (χ3v) is 4.40. The quantitative estimate of drug-likeness (QED) is 0.766. The summed E-state index contributed by atoms with van der Waals surface area (Å²) < 4.78 is 0. The van der Waals surface area contributed by atoms with Gasteiger partial charge >= 0.3 is 0 Å². The van der Waals surface area contributed by atoms with Crippen molar-refractivity contribution in [1.29, 1.82) is 0 Å². The van der Waals surface area contributed by atoms with Crippen molar-refractivity contribution in [3.63, 3.8) is 0 Å². The van der Waals surface area contributed by atoms with E-state index in [2.05, 4.69) is 64.0 Å². The minimum absolute atomic E-state index is 0.228. The lowest BCUT2D eigenvalue weighted by atomic mass is 9.75. The van der Waals surface area contributed by atoms with Crippen molar-refractivity contribution < 1.29 is 0 Å². The molecule has 1 N–H and O–H groups in total. The van der Waals surface area contributed by atoms with Gasteiger partial charge < -0.3 is 15.1 Å². The minimum atomic E-state index is 0.228. The Bertz CT molecular complexity index is 264. The number of rotatable bonds is 7. The minimum Gasteiger partial charge on any atom is -0.312 e. The first-order chi connectivity index (χ1) is 8.65. The van der Waals surface area contributed by atoms with Gasteiger partial charge in [0.2, 0.25) is 0 Å². The fourth-order valence-electron chi connectivity index (χ4n) is 2.98. The summed E-state index contributed by atoms with van der Waals surface area (Å²) in [6.45, 7) is 12.5. The molecule has 1 aliphatic carbocycles. The maximum atomic E-state index is 3.60. The van der Waals surface area contributed by atoms with Crippen LogP contribution in [0.2, 0.25) is 0 Å². The molecule has 1 rings (SSSR count). The summed E-state index contributed by atoms with van der Waals surface area (Å²) in [6.07, 6.45) is 4.12. The lowest BCUT2D eigenvalue weighted by Crippen LogP contribution is -2.57. The zero-order chi connectivity index (χ0) is 14.7. The highest BCUT2D eigenvalue weighted by Gasteiger charge is 2.39. The third kappa shape index (κ3) is 5.41. The lowest BCUT2D eigenvalue weighted by molar-refractivity contribution is 0.0245. The van der Waals surface area contributed by atoms with Crippen LogP contribution in [0.25, 0.3) is 0 Å².